The zero-order chi connectivity index (χ0) is 19.9. The van der Waals surface area contributed by atoms with Crippen molar-refractivity contribution in [2.75, 3.05) is 13.7 Å². The molecule has 0 radical (unpaired) electrons. The lowest BCUT2D eigenvalue weighted by molar-refractivity contribution is -0.119. The molecule has 0 bridgehead atoms. The molecule has 0 aliphatic heterocycles. The van der Waals surface area contributed by atoms with Crippen LogP contribution in [-0.2, 0) is 16.1 Å². The van der Waals surface area contributed by atoms with E-state index in [4.69, 9.17) is 4.74 Å². The summed E-state index contributed by atoms with van der Waals surface area (Å²) in [5, 5.41) is 5.68. The van der Waals surface area contributed by atoms with Gasteiger partial charge in [0.25, 0.3) is 0 Å². The molecule has 1 fully saturated rings. The maximum absolute atomic E-state index is 12.5. The number of carbonyl (C=O) groups is 2. The molecule has 2 aromatic rings. The summed E-state index contributed by atoms with van der Waals surface area (Å²) in [4.78, 5) is 29.3. The first-order chi connectivity index (χ1) is 13.6. The molecule has 0 saturated heterocycles. The maximum atomic E-state index is 12.5. The number of imidazole rings is 1. The zero-order valence-electron chi connectivity index (χ0n) is 16.4. The van der Waals surface area contributed by atoms with Gasteiger partial charge in [-0.1, -0.05) is 43.2 Å². The van der Waals surface area contributed by atoms with Gasteiger partial charge in [-0.05, 0) is 31.9 Å². The second kappa shape index (κ2) is 9.93. The number of fused-ring (bicyclic) bond motifs is 1. The molecule has 1 atom stereocenters. The van der Waals surface area contributed by atoms with Crippen molar-refractivity contribution in [3.8, 4) is 0 Å². The van der Waals surface area contributed by atoms with Gasteiger partial charge in [-0.2, -0.15) is 0 Å². The van der Waals surface area contributed by atoms with Crippen LogP contribution >= 0.6 is 11.8 Å². The Morgan fingerprint density at radius 1 is 1.29 bits per heavy atom. The van der Waals surface area contributed by atoms with E-state index in [0.717, 1.165) is 41.9 Å². The average Bonchev–Trinajstić information content (AvgIpc) is 3.03. The monoisotopic (exact) mass is 404 g/mol. The number of imide groups is 1. The second-order valence-corrected chi connectivity index (χ2v) is 8.39. The first kappa shape index (κ1) is 20.7. The molecular formula is C20H28N4O3S. The fourth-order valence-electron chi connectivity index (χ4n) is 3.44. The minimum atomic E-state index is -0.449. The number of methoxy groups -OCH3 is 1. The Kier molecular flexibility index (Phi) is 7.33. The highest BCUT2D eigenvalue weighted by Crippen LogP contribution is 2.27. The van der Waals surface area contributed by atoms with E-state index in [2.05, 4.69) is 20.2 Å². The van der Waals surface area contributed by atoms with Crippen molar-refractivity contribution in [3.63, 3.8) is 0 Å². The number of thioether (sulfide) groups is 1. The number of para-hydroxylation sites is 2. The van der Waals surface area contributed by atoms with Crippen molar-refractivity contribution in [2.24, 2.45) is 0 Å². The van der Waals surface area contributed by atoms with Gasteiger partial charge in [0, 0.05) is 19.7 Å². The summed E-state index contributed by atoms with van der Waals surface area (Å²) in [6.07, 6.45) is 5.44. The number of benzene rings is 1. The van der Waals surface area contributed by atoms with Crippen LogP contribution in [0.3, 0.4) is 0 Å². The third kappa shape index (κ3) is 5.26. The molecule has 28 heavy (non-hydrogen) atoms. The molecule has 7 nitrogen and oxygen atoms in total. The standard InChI is InChI=1S/C20H28N4O3S/c1-14(18(25)23-19(26)21-15-8-4-3-5-9-15)28-20-22-16-10-6-7-11-17(16)24(20)12-13-27-2/h6-7,10-11,14-15H,3-5,8-9,12-13H2,1-2H3,(H2,21,23,25,26). The van der Waals surface area contributed by atoms with E-state index in [9.17, 15) is 9.59 Å². The van der Waals surface area contributed by atoms with Crippen molar-refractivity contribution in [3.05, 3.63) is 24.3 Å². The summed E-state index contributed by atoms with van der Waals surface area (Å²) in [6, 6.07) is 7.62. The first-order valence-electron chi connectivity index (χ1n) is 9.80. The smallest absolute Gasteiger partial charge is 0.321 e. The number of hydrogen-bond acceptors (Lipinski definition) is 5. The molecule has 0 spiro atoms. The highest BCUT2D eigenvalue weighted by atomic mass is 32.2. The van der Waals surface area contributed by atoms with Crippen LogP contribution in [0.4, 0.5) is 4.79 Å². The number of nitrogens with one attached hydrogen (secondary N) is 2. The number of carbonyl (C=O) groups excluding carboxylic acids is 2. The van der Waals surface area contributed by atoms with Crippen molar-refractivity contribution >= 4 is 34.7 Å². The summed E-state index contributed by atoms with van der Waals surface area (Å²) in [6.45, 7) is 2.99. The molecule has 1 heterocycles. The summed E-state index contributed by atoms with van der Waals surface area (Å²) in [5.74, 6) is -0.316. The van der Waals surface area contributed by atoms with E-state index in [1.165, 1.54) is 18.2 Å². The zero-order valence-corrected chi connectivity index (χ0v) is 17.3. The van der Waals surface area contributed by atoms with Crippen molar-refractivity contribution < 1.29 is 14.3 Å². The highest BCUT2D eigenvalue weighted by molar-refractivity contribution is 8.00. The fraction of sp³-hybridized carbons (Fsp3) is 0.550. The van der Waals surface area contributed by atoms with Gasteiger partial charge >= 0.3 is 6.03 Å². The number of hydrogen-bond donors (Lipinski definition) is 2. The van der Waals surface area contributed by atoms with Gasteiger partial charge in [-0.15, -0.1) is 0 Å². The van der Waals surface area contributed by atoms with E-state index in [-0.39, 0.29) is 11.9 Å². The van der Waals surface area contributed by atoms with E-state index in [1.807, 2.05) is 24.3 Å². The summed E-state index contributed by atoms with van der Waals surface area (Å²) >= 11 is 1.35. The van der Waals surface area contributed by atoms with Gasteiger partial charge in [0.05, 0.1) is 22.9 Å². The second-order valence-electron chi connectivity index (χ2n) is 7.09. The number of aromatic nitrogens is 2. The van der Waals surface area contributed by atoms with Gasteiger partial charge in [0.15, 0.2) is 5.16 Å². The molecular weight excluding hydrogens is 376 g/mol. The molecule has 1 aliphatic rings. The van der Waals surface area contributed by atoms with Gasteiger partial charge < -0.3 is 14.6 Å². The summed E-state index contributed by atoms with van der Waals surface area (Å²) in [5.41, 5.74) is 1.88. The predicted molar refractivity (Wildman–Crippen MR) is 110 cm³/mol. The number of amides is 3. The molecule has 3 amide bonds. The lowest BCUT2D eigenvalue weighted by Crippen LogP contribution is -2.47. The lowest BCUT2D eigenvalue weighted by atomic mass is 9.96. The third-order valence-corrected chi connectivity index (χ3v) is 6.06. The van der Waals surface area contributed by atoms with Gasteiger partial charge in [-0.25, -0.2) is 9.78 Å². The molecule has 1 saturated carbocycles. The summed E-state index contributed by atoms with van der Waals surface area (Å²) < 4.78 is 7.26. The SMILES string of the molecule is COCCn1c(SC(C)C(=O)NC(=O)NC2CCCCC2)nc2ccccc21. The van der Waals surface area contributed by atoms with Gasteiger partial charge in [0.1, 0.15) is 0 Å². The number of nitrogens with zero attached hydrogens (tertiary/aromatic N) is 2. The summed E-state index contributed by atoms with van der Waals surface area (Å²) in [7, 11) is 1.66. The molecule has 2 N–H and O–H groups in total. The number of urea groups is 1. The molecule has 3 rings (SSSR count). The number of ether oxygens (including phenoxy) is 1. The Morgan fingerprint density at radius 3 is 2.79 bits per heavy atom. The lowest BCUT2D eigenvalue weighted by Gasteiger charge is -2.23. The molecule has 8 heteroatoms. The van der Waals surface area contributed by atoms with Gasteiger partial charge in [0.2, 0.25) is 5.91 Å². The largest absolute Gasteiger partial charge is 0.383 e. The van der Waals surface area contributed by atoms with E-state index in [0.29, 0.717) is 13.2 Å². The Morgan fingerprint density at radius 2 is 2.04 bits per heavy atom. The normalized spacial score (nSPS) is 16.1. The Labute approximate surface area is 169 Å². The Hall–Kier alpha value is -2.06. The highest BCUT2D eigenvalue weighted by Gasteiger charge is 2.22. The topological polar surface area (TPSA) is 85.2 Å². The minimum absolute atomic E-state index is 0.169. The van der Waals surface area contributed by atoms with E-state index < -0.39 is 11.3 Å². The predicted octanol–water partition coefficient (Wildman–Crippen LogP) is 3.32. The molecule has 1 aliphatic carbocycles. The molecule has 1 unspecified atom stereocenters. The van der Waals surface area contributed by atoms with Crippen LogP contribution in [0.5, 0.6) is 0 Å². The van der Waals surface area contributed by atoms with Crippen LogP contribution in [0.25, 0.3) is 11.0 Å². The number of rotatable bonds is 7. The molecule has 1 aromatic carbocycles. The van der Waals surface area contributed by atoms with Gasteiger partial charge in [-0.3, -0.25) is 10.1 Å². The molecule has 152 valence electrons. The van der Waals surface area contributed by atoms with Crippen molar-refractivity contribution in [1.82, 2.24) is 20.2 Å². The Bertz CT molecular complexity index is 817. The maximum Gasteiger partial charge on any atom is 0.321 e. The molecule has 1 aromatic heterocycles. The van der Waals surface area contributed by atoms with Crippen molar-refractivity contribution in [1.29, 1.82) is 0 Å². The third-order valence-electron chi connectivity index (χ3n) is 4.97. The minimum Gasteiger partial charge on any atom is -0.383 e. The fourth-order valence-corrected chi connectivity index (χ4v) is 4.39. The van der Waals surface area contributed by atoms with Crippen LogP contribution in [0.1, 0.15) is 39.0 Å². The van der Waals surface area contributed by atoms with Crippen LogP contribution in [0.2, 0.25) is 0 Å². The average molecular weight is 405 g/mol. The van der Waals surface area contributed by atoms with E-state index in [1.54, 1.807) is 14.0 Å². The van der Waals surface area contributed by atoms with Crippen LogP contribution in [-0.4, -0.2) is 46.5 Å². The van der Waals surface area contributed by atoms with Crippen molar-refractivity contribution in [2.45, 2.75) is 62.0 Å². The first-order valence-corrected chi connectivity index (χ1v) is 10.7. The van der Waals surface area contributed by atoms with E-state index >= 15 is 0 Å². The Balaban J connectivity index is 1.62. The van der Waals surface area contributed by atoms with Crippen LogP contribution in [0, 0.1) is 0 Å². The quantitative estimate of drug-likeness (QED) is 0.692. The van der Waals surface area contributed by atoms with Crippen LogP contribution in [0.15, 0.2) is 29.4 Å². The van der Waals surface area contributed by atoms with Crippen LogP contribution < -0.4 is 10.6 Å².